The Morgan fingerprint density at radius 3 is 2.48 bits per heavy atom. The Balaban J connectivity index is 2.15. The lowest BCUT2D eigenvalue weighted by Crippen LogP contribution is -2.45. The van der Waals surface area contributed by atoms with Crippen molar-refractivity contribution in [2.24, 2.45) is 11.8 Å². The number of amides is 1. The van der Waals surface area contributed by atoms with Gasteiger partial charge < -0.3 is 19.5 Å². The van der Waals surface area contributed by atoms with Crippen molar-refractivity contribution in [2.75, 3.05) is 0 Å². The number of para-hydroxylation sites is 1. The van der Waals surface area contributed by atoms with Crippen molar-refractivity contribution in [2.45, 2.75) is 97.5 Å². The van der Waals surface area contributed by atoms with Crippen molar-refractivity contribution in [1.82, 2.24) is 5.32 Å². The quantitative estimate of drug-likeness (QED) is 0.600. The van der Waals surface area contributed by atoms with Crippen LogP contribution >= 0.6 is 0 Å². The molecule has 6 nitrogen and oxygen atoms in total. The van der Waals surface area contributed by atoms with Crippen LogP contribution in [0.15, 0.2) is 30.3 Å². The third kappa shape index (κ3) is 8.80. The van der Waals surface area contributed by atoms with E-state index in [1.54, 1.807) is 20.8 Å². The molecule has 174 valence electrons. The van der Waals surface area contributed by atoms with Crippen LogP contribution in [0.2, 0.25) is 0 Å². The molecule has 1 saturated heterocycles. The van der Waals surface area contributed by atoms with Gasteiger partial charge in [-0.25, -0.2) is 9.59 Å². The molecule has 0 saturated carbocycles. The molecule has 1 amide bonds. The molecule has 1 aromatic carbocycles. The maximum absolute atomic E-state index is 12.8. The second-order valence-electron chi connectivity index (χ2n) is 9.88. The van der Waals surface area contributed by atoms with Gasteiger partial charge in [-0.1, -0.05) is 38.5 Å². The number of benzene rings is 1. The maximum atomic E-state index is 12.8. The van der Waals surface area contributed by atoms with Crippen LogP contribution in [0, 0.1) is 11.8 Å². The summed E-state index contributed by atoms with van der Waals surface area (Å²) < 4.78 is 17.5. The van der Waals surface area contributed by atoms with Crippen LogP contribution < -0.4 is 10.1 Å². The molecular weight excluding hydrogens is 394 g/mol. The number of hydrogen-bond donors (Lipinski definition) is 1. The fourth-order valence-corrected chi connectivity index (χ4v) is 3.86. The van der Waals surface area contributed by atoms with Crippen molar-refractivity contribution < 1.29 is 23.8 Å². The minimum atomic E-state index is -0.724. The number of cyclic esters (lactones) is 1. The van der Waals surface area contributed by atoms with E-state index in [1.165, 1.54) is 0 Å². The van der Waals surface area contributed by atoms with Gasteiger partial charge in [0.2, 0.25) is 0 Å². The van der Waals surface area contributed by atoms with Gasteiger partial charge in [0.15, 0.2) is 0 Å². The zero-order valence-corrected chi connectivity index (χ0v) is 19.9. The number of rotatable bonds is 6. The number of alkyl carbamates (subject to hydrolysis) is 1. The second-order valence-corrected chi connectivity index (χ2v) is 9.88. The van der Waals surface area contributed by atoms with Crippen molar-refractivity contribution in [1.29, 1.82) is 0 Å². The average Bonchev–Trinajstić information content (AvgIpc) is 2.70. The molecule has 4 atom stereocenters. The molecule has 0 aromatic heterocycles. The molecule has 2 rings (SSSR count). The summed E-state index contributed by atoms with van der Waals surface area (Å²) in [6.45, 7) is 11.7. The van der Waals surface area contributed by atoms with E-state index in [9.17, 15) is 9.59 Å². The van der Waals surface area contributed by atoms with E-state index in [1.807, 2.05) is 37.3 Å². The van der Waals surface area contributed by atoms with Crippen LogP contribution in [0.4, 0.5) is 4.79 Å². The van der Waals surface area contributed by atoms with E-state index in [2.05, 4.69) is 19.2 Å². The molecule has 1 heterocycles. The Bertz CT molecular complexity index is 698. The first kappa shape index (κ1) is 25.0. The number of carbonyl (C=O) groups excluding carboxylic acids is 2. The molecule has 1 N–H and O–H groups in total. The monoisotopic (exact) mass is 433 g/mol. The fraction of sp³-hybridized carbons (Fsp3) is 0.680. The predicted molar refractivity (Wildman–Crippen MR) is 121 cm³/mol. The molecule has 0 aliphatic carbocycles. The van der Waals surface area contributed by atoms with E-state index in [4.69, 9.17) is 14.2 Å². The minimum Gasteiger partial charge on any atom is -0.490 e. The van der Waals surface area contributed by atoms with Crippen molar-refractivity contribution in [3.8, 4) is 5.75 Å². The molecule has 4 unspecified atom stereocenters. The maximum Gasteiger partial charge on any atom is 0.408 e. The molecule has 0 radical (unpaired) electrons. The lowest BCUT2D eigenvalue weighted by Gasteiger charge is -2.32. The zero-order chi connectivity index (χ0) is 23.0. The summed E-state index contributed by atoms with van der Waals surface area (Å²) in [6, 6.07) is 9.06. The molecule has 31 heavy (non-hydrogen) atoms. The van der Waals surface area contributed by atoms with Crippen LogP contribution in [0.25, 0.3) is 0 Å². The number of hydrogen-bond acceptors (Lipinski definition) is 5. The molecule has 1 aliphatic rings. The highest BCUT2D eigenvalue weighted by molar-refractivity contribution is 5.81. The summed E-state index contributed by atoms with van der Waals surface area (Å²) in [5, 5.41) is 2.69. The van der Waals surface area contributed by atoms with Gasteiger partial charge in [0.1, 0.15) is 29.6 Å². The highest BCUT2D eigenvalue weighted by Gasteiger charge is 2.35. The lowest BCUT2D eigenvalue weighted by atomic mass is 9.86. The van der Waals surface area contributed by atoms with E-state index < -0.39 is 23.7 Å². The molecule has 6 heteroatoms. The highest BCUT2D eigenvalue weighted by atomic mass is 16.6. The second kappa shape index (κ2) is 11.4. The molecule has 1 aromatic rings. The summed E-state index contributed by atoms with van der Waals surface area (Å²) in [6.07, 6.45) is 2.95. The molecule has 0 spiro atoms. The first-order valence-electron chi connectivity index (χ1n) is 11.5. The summed E-state index contributed by atoms with van der Waals surface area (Å²) >= 11 is 0. The smallest absolute Gasteiger partial charge is 0.408 e. The zero-order valence-electron chi connectivity index (χ0n) is 19.9. The topological polar surface area (TPSA) is 73.9 Å². The Morgan fingerprint density at radius 1 is 1.19 bits per heavy atom. The van der Waals surface area contributed by atoms with Gasteiger partial charge in [-0.3, -0.25) is 0 Å². The number of ether oxygens (including phenoxy) is 3. The molecule has 1 aliphatic heterocycles. The van der Waals surface area contributed by atoms with Crippen LogP contribution in [0.1, 0.15) is 73.6 Å². The normalized spacial score (nSPS) is 25.1. The van der Waals surface area contributed by atoms with Gasteiger partial charge in [0.25, 0.3) is 0 Å². The Hall–Kier alpha value is -2.24. The highest BCUT2D eigenvalue weighted by Crippen LogP contribution is 2.30. The van der Waals surface area contributed by atoms with E-state index in [-0.39, 0.29) is 18.1 Å². The van der Waals surface area contributed by atoms with E-state index in [0.717, 1.165) is 31.4 Å². The van der Waals surface area contributed by atoms with E-state index in [0.29, 0.717) is 12.3 Å². The largest absolute Gasteiger partial charge is 0.490 e. The van der Waals surface area contributed by atoms with Crippen LogP contribution in [0.5, 0.6) is 5.75 Å². The fourth-order valence-electron chi connectivity index (χ4n) is 3.86. The van der Waals surface area contributed by atoms with Crippen LogP contribution in [0.3, 0.4) is 0 Å². The van der Waals surface area contributed by atoms with Gasteiger partial charge in [-0.2, -0.15) is 0 Å². The van der Waals surface area contributed by atoms with Gasteiger partial charge in [0, 0.05) is 5.92 Å². The van der Waals surface area contributed by atoms with Gasteiger partial charge in [0.05, 0.1) is 0 Å². The summed E-state index contributed by atoms with van der Waals surface area (Å²) in [5.74, 6) is 1.04. The minimum absolute atomic E-state index is 0.0655. The standard InChI is InChI=1S/C25H39NO5/c1-17(2)15-16-20-18(3)29-23(27)21(26-24(28)31-25(4,5)6)13-10-14-22(20)30-19-11-8-7-9-12-19/h7-9,11-12,17-18,20-22H,10,13-16H2,1-6H3,(H,26,28). The molecule has 0 bridgehead atoms. The lowest BCUT2D eigenvalue weighted by molar-refractivity contribution is -0.154. The third-order valence-corrected chi connectivity index (χ3v) is 5.45. The molecule has 1 fully saturated rings. The summed E-state index contributed by atoms with van der Waals surface area (Å²) in [4.78, 5) is 25.1. The third-order valence-electron chi connectivity index (χ3n) is 5.45. The SMILES string of the molecule is CC(C)CCC1C(C)OC(=O)C(NC(=O)OC(C)(C)C)CCCC1Oc1ccccc1. The van der Waals surface area contributed by atoms with Crippen molar-refractivity contribution in [3.05, 3.63) is 30.3 Å². The summed E-state index contributed by atoms with van der Waals surface area (Å²) in [5.41, 5.74) is -0.629. The van der Waals surface area contributed by atoms with Gasteiger partial charge in [-0.05, 0) is 71.4 Å². The van der Waals surface area contributed by atoms with Gasteiger partial charge >= 0.3 is 12.1 Å². The van der Waals surface area contributed by atoms with Gasteiger partial charge in [-0.15, -0.1) is 0 Å². The number of carbonyl (C=O) groups is 2. The van der Waals surface area contributed by atoms with Crippen molar-refractivity contribution in [3.63, 3.8) is 0 Å². The van der Waals surface area contributed by atoms with E-state index >= 15 is 0 Å². The first-order valence-corrected chi connectivity index (χ1v) is 11.5. The Labute approximate surface area is 187 Å². The Morgan fingerprint density at radius 2 is 1.87 bits per heavy atom. The van der Waals surface area contributed by atoms with Crippen LogP contribution in [-0.2, 0) is 14.3 Å². The van der Waals surface area contributed by atoms with Crippen LogP contribution in [-0.4, -0.2) is 35.9 Å². The first-order chi connectivity index (χ1) is 14.5. The molecular formula is C25H39NO5. The number of nitrogens with one attached hydrogen (secondary N) is 1. The predicted octanol–water partition coefficient (Wildman–Crippen LogP) is 5.50. The van der Waals surface area contributed by atoms with Crippen molar-refractivity contribution >= 4 is 12.1 Å². The summed E-state index contributed by atoms with van der Waals surface area (Å²) in [7, 11) is 0. The average molecular weight is 434 g/mol. The Kier molecular flexibility index (Phi) is 9.20. The number of esters is 1.